The normalized spacial score (nSPS) is 15.3. The summed E-state index contributed by atoms with van der Waals surface area (Å²) in [6.45, 7) is 3.00. The number of amides is 5. The van der Waals surface area contributed by atoms with E-state index in [1.54, 1.807) is 24.3 Å². The maximum atomic E-state index is 12.7. The second kappa shape index (κ2) is 11.0. The van der Waals surface area contributed by atoms with Gasteiger partial charge in [0.25, 0.3) is 0 Å². The first kappa shape index (κ1) is 23.6. The van der Waals surface area contributed by atoms with Crippen LogP contribution in [0.25, 0.3) is 0 Å². The van der Waals surface area contributed by atoms with Crippen molar-refractivity contribution in [2.75, 3.05) is 13.1 Å². The van der Waals surface area contributed by atoms with Crippen LogP contribution in [0.5, 0.6) is 0 Å². The van der Waals surface area contributed by atoms with E-state index < -0.39 is 48.5 Å². The Morgan fingerprint density at radius 3 is 2.35 bits per heavy atom. The van der Waals surface area contributed by atoms with E-state index in [0.29, 0.717) is 0 Å². The quantitative estimate of drug-likeness (QED) is 0.390. The second-order valence-electron chi connectivity index (χ2n) is 7.52. The van der Waals surface area contributed by atoms with Crippen LogP contribution in [0.15, 0.2) is 30.3 Å². The van der Waals surface area contributed by atoms with Crippen molar-refractivity contribution in [3.63, 3.8) is 0 Å². The molecule has 0 aromatic heterocycles. The van der Waals surface area contributed by atoms with Crippen LogP contribution in [0.4, 0.5) is 9.59 Å². The highest BCUT2D eigenvalue weighted by atomic mass is 16.5. The Balaban J connectivity index is 1.97. The number of aliphatic carboxylic acids is 1. The molecule has 2 atom stereocenters. The zero-order valence-corrected chi connectivity index (χ0v) is 17.3. The van der Waals surface area contributed by atoms with Crippen LogP contribution in [-0.2, 0) is 25.7 Å². The maximum absolute atomic E-state index is 12.7. The Morgan fingerprint density at radius 2 is 1.81 bits per heavy atom. The van der Waals surface area contributed by atoms with Gasteiger partial charge in [0.2, 0.25) is 11.8 Å². The number of carboxylic acids is 1. The van der Waals surface area contributed by atoms with Gasteiger partial charge in [-0.1, -0.05) is 44.2 Å². The van der Waals surface area contributed by atoms with E-state index >= 15 is 0 Å². The molecule has 168 valence electrons. The molecule has 0 radical (unpaired) electrons. The van der Waals surface area contributed by atoms with Gasteiger partial charge in [-0.3, -0.25) is 14.9 Å². The van der Waals surface area contributed by atoms with Gasteiger partial charge in [0.15, 0.2) is 0 Å². The van der Waals surface area contributed by atoms with Gasteiger partial charge in [0.05, 0.1) is 6.54 Å². The summed E-state index contributed by atoms with van der Waals surface area (Å²) >= 11 is 0. The standard InChI is InChI=1S/C20H26N4O7/c1-12(2)8-14(22-20(30)31-11-13-6-4-3-5-7-13)17(26)21-15(18(27)28)9-24-10-16(25)23-19(24)29/h3-7,12,14-15H,8-11H2,1-2H3,(H,21,26)(H,22,30)(H,27,28)(H,23,25,29). The number of alkyl carbamates (subject to hydrolysis) is 1. The van der Waals surface area contributed by atoms with Crippen LogP contribution < -0.4 is 16.0 Å². The second-order valence-corrected chi connectivity index (χ2v) is 7.52. The van der Waals surface area contributed by atoms with Crippen molar-refractivity contribution < 1.29 is 33.8 Å². The van der Waals surface area contributed by atoms with Gasteiger partial charge in [0.1, 0.15) is 25.2 Å². The molecule has 1 fully saturated rings. The number of imide groups is 1. The van der Waals surface area contributed by atoms with E-state index in [0.717, 1.165) is 10.5 Å². The van der Waals surface area contributed by atoms with Crippen LogP contribution in [0.2, 0.25) is 0 Å². The molecule has 0 bridgehead atoms. The highest BCUT2D eigenvalue weighted by molar-refractivity contribution is 6.02. The van der Waals surface area contributed by atoms with Crippen LogP contribution in [0.1, 0.15) is 25.8 Å². The molecule has 11 heteroatoms. The molecule has 1 aliphatic rings. The molecule has 4 N–H and O–H groups in total. The largest absolute Gasteiger partial charge is 0.480 e. The number of nitrogens with one attached hydrogen (secondary N) is 3. The highest BCUT2D eigenvalue weighted by Crippen LogP contribution is 2.08. The van der Waals surface area contributed by atoms with E-state index in [1.165, 1.54) is 0 Å². The Kier molecular flexibility index (Phi) is 8.35. The van der Waals surface area contributed by atoms with E-state index in [9.17, 15) is 29.1 Å². The molecule has 1 aromatic rings. The third-order valence-corrected chi connectivity index (χ3v) is 4.41. The minimum atomic E-state index is -1.46. The molecule has 0 spiro atoms. The van der Waals surface area contributed by atoms with Gasteiger partial charge in [-0.05, 0) is 17.9 Å². The van der Waals surface area contributed by atoms with Gasteiger partial charge >= 0.3 is 18.1 Å². The summed E-state index contributed by atoms with van der Waals surface area (Å²) in [5.74, 6) is -2.66. The van der Waals surface area contributed by atoms with Crippen LogP contribution in [0, 0.1) is 5.92 Å². The third kappa shape index (κ3) is 7.61. The van der Waals surface area contributed by atoms with Crippen LogP contribution >= 0.6 is 0 Å². The summed E-state index contributed by atoms with van der Waals surface area (Å²) in [4.78, 5) is 60.3. The number of carbonyl (C=O) groups excluding carboxylic acids is 4. The molecule has 1 aliphatic heterocycles. The number of hydrogen-bond acceptors (Lipinski definition) is 6. The zero-order valence-electron chi connectivity index (χ0n) is 17.3. The molecule has 1 aromatic carbocycles. The molecule has 5 amide bonds. The zero-order chi connectivity index (χ0) is 23.0. The number of carboxylic acid groups (broad SMARTS) is 1. The van der Waals surface area contributed by atoms with Gasteiger partial charge in [-0.15, -0.1) is 0 Å². The summed E-state index contributed by atoms with van der Waals surface area (Å²) in [6.07, 6.45) is -0.581. The fourth-order valence-electron chi connectivity index (χ4n) is 2.92. The molecule has 2 unspecified atom stereocenters. The number of benzene rings is 1. The van der Waals surface area contributed by atoms with Crippen molar-refractivity contribution in [2.45, 2.75) is 39.0 Å². The molecule has 2 rings (SSSR count). The Bertz CT molecular complexity index is 828. The number of urea groups is 1. The highest BCUT2D eigenvalue weighted by Gasteiger charge is 2.33. The Labute approximate surface area is 179 Å². The fraction of sp³-hybridized carbons (Fsp3) is 0.450. The first-order chi connectivity index (χ1) is 14.7. The minimum absolute atomic E-state index is 0.00966. The average molecular weight is 434 g/mol. The summed E-state index contributed by atoms with van der Waals surface area (Å²) in [5.41, 5.74) is 0.770. The molecule has 1 heterocycles. The number of ether oxygens (including phenoxy) is 1. The molecular formula is C20H26N4O7. The summed E-state index contributed by atoms with van der Waals surface area (Å²) in [5, 5.41) is 16.2. The lowest BCUT2D eigenvalue weighted by Gasteiger charge is -2.24. The van der Waals surface area contributed by atoms with Gasteiger partial charge in [-0.2, -0.15) is 0 Å². The van der Waals surface area contributed by atoms with Crippen molar-refractivity contribution in [1.82, 2.24) is 20.9 Å². The predicted octanol–water partition coefficient (Wildman–Crippen LogP) is 0.449. The maximum Gasteiger partial charge on any atom is 0.408 e. The monoisotopic (exact) mass is 434 g/mol. The minimum Gasteiger partial charge on any atom is -0.480 e. The van der Waals surface area contributed by atoms with Crippen LogP contribution in [0.3, 0.4) is 0 Å². The van der Waals surface area contributed by atoms with Gasteiger partial charge in [-0.25, -0.2) is 14.4 Å². The van der Waals surface area contributed by atoms with E-state index in [1.807, 2.05) is 25.2 Å². The molecular weight excluding hydrogens is 408 g/mol. The lowest BCUT2D eigenvalue weighted by molar-refractivity contribution is -0.142. The van der Waals surface area contributed by atoms with Crippen molar-refractivity contribution in [2.24, 2.45) is 5.92 Å². The number of rotatable bonds is 10. The number of hydrogen-bond donors (Lipinski definition) is 4. The van der Waals surface area contributed by atoms with Crippen molar-refractivity contribution in [1.29, 1.82) is 0 Å². The molecule has 31 heavy (non-hydrogen) atoms. The topological polar surface area (TPSA) is 154 Å². The van der Waals surface area contributed by atoms with Crippen molar-refractivity contribution in [3.8, 4) is 0 Å². The first-order valence-electron chi connectivity index (χ1n) is 9.75. The lowest BCUT2D eigenvalue weighted by Crippen LogP contribution is -2.55. The van der Waals surface area contributed by atoms with Crippen molar-refractivity contribution in [3.05, 3.63) is 35.9 Å². The van der Waals surface area contributed by atoms with Gasteiger partial charge in [0, 0.05) is 0 Å². The molecule has 0 aliphatic carbocycles. The van der Waals surface area contributed by atoms with Gasteiger partial charge < -0.3 is 25.4 Å². The molecule has 11 nitrogen and oxygen atoms in total. The van der Waals surface area contributed by atoms with E-state index in [4.69, 9.17) is 4.74 Å². The Hall–Kier alpha value is -3.63. The molecule has 1 saturated heterocycles. The van der Waals surface area contributed by atoms with E-state index in [-0.39, 0.29) is 25.5 Å². The number of carbonyl (C=O) groups is 5. The molecule has 0 saturated carbocycles. The SMILES string of the molecule is CC(C)CC(NC(=O)OCc1ccccc1)C(=O)NC(CN1CC(=O)NC1=O)C(=O)O. The summed E-state index contributed by atoms with van der Waals surface area (Å²) in [6, 6.07) is 5.75. The Morgan fingerprint density at radius 1 is 1.13 bits per heavy atom. The van der Waals surface area contributed by atoms with Crippen molar-refractivity contribution >= 4 is 29.9 Å². The third-order valence-electron chi connectivity index (χ3n) is 4.41. The summed E-state index contributed by atoms with van der Waals surface area (Å²) < 4.78 is 5.13. The van der Waals surface area contributed by atoms with E-state index in [2.05, 4.69) is 10.6 Å². The number of nitrogens with zero attached hydrogens (tertiary/aromatic N) is 1. The summed E-state index contributed by atoms with van der Waals surface area (Å²) in [7, 11) is 0. The lowest BCUT2D eigenvalue weighted by atomic mass is 10.0. The van der Waals surface area contributed by atoms with Crippen LogP contribution in [-0.4, -0.2) is 65.1 Å². The predicted molar refractivity (Wildman–Crippen MR) is 108 cm³/mol. The fourth-order valence-corrected chi connectivity index (χ4v) is 2.92. The average Bonchev–Trinajstić information content (AvgIpc) is 3.02. The smallest absolute Gasteiger partial charge is 0.408 e. The first-order valence-corrected chi connectivity index (χ1v) is 9.75.